The van der Waals surface area contributed by atoms with Crippen molar-refractivity contribution in [2.75, 3.05) is 12.0 Å². The third-order valence-electron chi connectivity index (χ3n) is 2.41. The molecular weight excluding hydrogens is 218 g/mol. The SMILES string of the molecule is Cc1cc(NC(=S)NCN)ccc1C(C)C. The van der Waals surface area contributed by atoms with E-state index in [1.54, 1.807) is 0 Å². The first-order valence-electron chi connectivity index (χ1n) is 5.40. The first-order chi connectivity index (χ1) is 7.54. The molecule has 0 spiro atoms. The molecule has 4 heteroatoms. The van der Waals surface area contributed by atoms with Gasteiger partial charge in [-0.15, -0.1) is 0 Å². The third-order valence-corrected chi connectivity index (χ3v) is 2.66. The molecule has 0 radical (unpaired) electrons. The second-order valence-electron chi connectivity index (χ2n) is 4.06. The van der Waals surface area contributed by atoms with Gasteiger partial charge in [0.2, 0.25) is 0 Å². The van der Waals surface area contributed by atoms with Crippen molar-refractivity contribution in [1.82, 2.24) is 5.32 Å². The molecule has 0 saturated heterocycles. The Hall–Kier alpha value is -1.13. The number of thiocarbonyl (C=S) groups is 1. The lowest BCUT2D eigenvalue weighted by atomic mass is 9.98. The highest BCUT2D eigenvalue weighted by Gasteiger charge is 2.04. The van der Waals surface area contributed by atoms with Gasteiger partial charge in [-0.05, 0) is 48.3 Å². The van der Waals surface area contributed by atoms with E-state index in [4.69, 9.17) is 18.0 Å². The Labute approximate surface area is 102 Å². The predicted octanol–water partition coefficient (Wildman–Crippen LogP) is 2.32. The third kappa shape index (κ3) is 3.47. The summed E-state index contributed by atoms with van der Waals surface area (Å²) in [6, 6.07) is 6.26. The number of nitrogens with one attached hydrogen (secondary N) is 2. The molecular formula is C12H19N3S. The highest BCUT2D eigenvalue weighted by molar-refractivity contribution is 7.80. The maximum Gasteiger partial charge on any atom is 0.171 e. The van der Waals surface area contributed by atoms with Gasteiger partial charge in [0.15, 0.2) is 5.11 Å². The smallest absolute Gasteiger partial charge is 0.171 e. The summed E-state index contributed by atoms with van der Waals surface area (Å²) in [7, 11) is 0. The van der Waals surface area contributed by atoms with Crippen LogP contribution in [0.5, 0.6) is 0 Å². The van der Waals surface area contributed by atoms with Crippen molar-refractivity contribution in [2.45, 2.75) is 26.7 Å². The zero-order valence-electron chi connectivity index (χ0n) is 10.0. The summed E-state index contributed by atoms with van der Waals surface area (Å²) < 4.78 is 0. The Bertz CT molecular complexity index is 375. The Balaban J connectivity index is 2.77. The van der Waals surface area contributed by atoms with E-state index in [-0.39, 0.29) is 0 Å². The lowest BCUT2D eigenvalue weighted by Crippen LogP contribution is -2.33. The van der Waals surface area contributed by atoms with Gasteiger partial charge in [-0.25, -0.2) is 0 Å². The van der Waals surface area contributed by atoms with Crippen LogP contribution in [0.3, 0.4) is 0 Å². The average Bonchev–Trinajstić information content (AvgIpc) is 2.17. The molecule has 1 rings (SSSR count). The van der Waals surface area contributed by atoms with Gasteiger partial charge in [-0.2, -0.15) is 0 Å². The molecule has 0 aromatic heterocycles. The zero-order chi connectivity index (χ0) is 12.1. The van der Waals surface area contributed by atoms with Gasteiger partial charge in [0.25, 0.3) is 0 Å². The van der Waals surface area contributed by atoms with Crippen molar-refractivity contribution < 1.29 is 0 Å². The van der Waals surface area contributed by atoms with E-state index in [1.165, 1.54) is 11.1 Å². The molecule has 4 N–H and O–H groups in total. The number of anilines is 1. The maximum atomic E-state index is 5.34. The quantitative estimate of drug-likeness (QED) is 0.558. The van der Waals surface area contributed by atoms with Gasteiger partial charge in [-0.3, -0.25) is 0 Å². The molecule has 0 unspecified atom stereocenters. The highest BCUT2D eigenvalue weighted by atomic mass is 32.1. The second-order valence-corrected chi connectivity index (χ2v) is 4.47. The maximum absolute atomic E-state index is 5.34. The summed E-state index contributed by atoms with van der Waals surface area (Å²) in [5.41, 5.74) is 8.97. The van der Waals surface area contributed by atoms with E-state index in [1.807, 2.05) is 6.07 Å². The van der Waals surface area contributed by atoms with Gasteiger partial charge in [0.05, 0.1) is 6.67 Å². The van der Waals surface area contributed by atoms with Crippen LogP contribution in [0.25, 0.3) is 0 Å². The molecule has 3 nitrogen and oxygen atoms in total. The van der Waals surface area contributed by atoms with Gasteiger partial charge in [0.1, 0.15) is 0 Å². The predicted molar refractivity (Wildman–Crippen MR) is 73.7 cm³/mol. The molecule has 0 saturated carbocycles. The second kappa shape index (κ2) is 5.82. The molecule has 1 aromatic rings. The van der Waals surface area contributed by atoms with Gasteiger partial charge in [0, 0.05) is 5.69 Å². The Morgan fingerprint density at radius 1 is 1.44 bits per heavy atom. The van der Waals surface area contributed by atoms with Crippen molar-refractivity contribution in [2.24, 2.45) is 5.73 Å². The molecule has 0 atom stereocenters. The van der Waals surface area contributed by atoms with E-state index >= 15 is 0 Å². The van der Waals surface area contributed by atoms with Crippen LogP contribution in [0.15, 0.2) is 18.2 Å². The van der Waals surface area contributed by atoms with Gasteiger partial charge in [-0.1, -0.05) is 19.9 Å². The molecule has 0 amide bonds. The number of hydrogen-bond donors (Lipinski definition) is 3. The van der Waals surface area contributed by atoms with Crippen molar-refractivity contribution in [3.8, 4) is 0 Å². The van der Waals surface area contributed by atoms with Crippen LogP contribution in [-0.2, 0) is 0 Å². The largest absolute Gasteiger partial charge is 0.350 e. The van der Waals surface area contributed by atoms with Gasteiger partial charge >= 0.3 is 0 Å². The Morgan fingerprint density at radius 2 is 2.12 bits per heavy atom. The summed E-state index contributed by atoms with van der Waals surface area (Å²) in [6.07, 6.45) is 0. The zero-order valence-corrected chi connectivity index (χ0v) is 10.8. The minimum Gasteiger partial charge on any atom is -0.350 e. The van der Waals surface area contributed by atoms with Crippen LogP contribution in [0, 0.1) is 6.92 Å². The van der Waals surface area contributed by atoms with Crippen LogP contribution in [0.4, 0.5) is 5.69 Å². The minimum absolute atomic E-state index is 0.342. The lowest BCUT2D eigenvalue weighted by molar-refractivity contribution is 0.857. The van der Waals surface area contributed by atoms with Crippen molar-refractivity contribution in [1.29, 1.82) is 0 Å². The minimum atomic E-state index is 0.342. The van der Waals surface area contributed by atoms with Crippen LogP contribution in [0.2, 0.25) is 0 Å². The van der Waals surface area contributed by atoms with Gasteiger partial charge < -0.3 is 16.4 Å². The summed E-state index contributed by atoms with van der Waals surface area (Å²) >= 11 is 5.06. The molecule has 88 valence electrons. The molecule has 16 heavy (non-hydrogen) atoms. The van der Waals surface area contributed by atoms with E-state index in [2.05, 4.69) is 43.5 Å². The number of nitrogens with two attached hydrogens (primary N) is 1. The summed E-state index contributed by atoms with van der Waals surface area (Å²) in [5.74, 6) is 0.545. The Morgan fingerprint density at radius 3 is 2.62 bits per heavy atom. The van der Waals surface area contributed by atoms with Crippen molar-refractivity contribution in [3.63, 3.8) is 0 Å². The summed E-state index contributed by atoms with van der Waals surface area (Å²) in [4.78, 5) is 0. The number of rotatable bonds is 3. The van der Waals surface area contributed by atoms with Crippen LogP contribution >= 0.6 is 12.2 Å². The van der Waals surface area contributed by atoms with E-state index < -0.39 is 0 Å². The topological polar surface area (TPSA) is 50.1 Å². The molecule has 0 aliphatic rings. The van der Waals surface area contributed by atoms with E-state index in [0.29, 0.717) is 17.7 Å². The molecule has 0 aliphatic heterocycles. The standard InChI is InChI=1S/C12H19N3S/c1-8(2)11-5-4-10(6-9(11)3)15-12(16)14-7-13/h4-6,8H,7,13H2,1-3H3,(H2,14,15,16). The molecule has 0 heterocycles. The van der Waals surface area contributed by atoms with Crippen molar-refractivity contribution in [3.05, 3.63) is 29.3 Å². The van der Waals surface area contributed by atoms with Crippen molar-refractivity contribution >= 4 is 23.0 Å². The fourth-order valence-electron chi connectivity index (χ4n) is 1.67. The molecule has 0 aliphatic carbocycles. The molecule has 0 bridgehead atoms. The van der Waals surface area contributed by atoms with Crippen LogP contribution in [-0.4, -0.2) is 11.8 Å². The van der Waals surface area contributed by atoms with E-state index in [0.717, 1.165) is 5.69 Å². The van der Waals surface area contributed by atoms with Crippen LogP contribution < -0.4 is 16.4 Å². The Kier molecular flexibility index (Phi) is 4.71. The first kappa shape index (κ1) is 12.9. The monoisotopic (exact) mass is 237 g/mol. The fraction of sp³-hybridized carbons (Fsp3) is 0.417. The fourth-order valence-corrected chi connectivity index (χ4v) is 1.87. The highest BCUT2D eigenvalue weighted by Crippen LogP contribution is 2.22. The summed E-state index contributed by atoms with van der Waals surface area (Å²) in [5, 5.41) is 6.49. The number of hydrogen-bond acceptors (Lipinski definition) is 2. The number of benzene rings is 1. The normalized spacial score (nSPS) is 10.3. The van der Waals surface area contributed by atoms with Crippen LogP contribution in [0.1, 0.15) is 30.9 Å². The summed E-state index contributed by atoms with van der Waals surface area (Å²) in [6.45, 7) is 6.83. The number of aryl methyl sites for hydroxylation is 1. The molecule has 0 fully saturated rings. The lowest BCUT2D eigenvalue weighted by Gasteiger charge is -2.13. The first-order valence-corrected chi connectivity index (χ1v) is 5.81. The molecule has 1 aromatic carbocycles. The van der Waals surface area contributed by atoms with E-state index in [9.17, 15) is 0 Å². The average molecular weight is 237 g/mol.